The number of aromatic nitrogens is 2. The van der Waals surface area contributed by atoms with E-state index in [1.807, 2.05) is 0 Å². The molecule has 2 aromatic rings. The number of aliphatic hydroxyl groups is 1. The van der Waals surface area contributed by atoms with Crippen molar-refractivity contribution in [3.8, 4) is 11.5 Å². The van der Waals surface area contributed by atoms with Crippen LogP contribution >= 0.6 is 0 Å². The fourth-order valence-electron chi connectivity index (χ4n) is 2.36. The number of amides is 1. The highest BCUT2D eigenvalue weighted by atomic mass is 16.4. The van der Waals surface area contributed by atoms with E-state index in [9.17, 15) is 9.90 Å². The summed E-state index contributed by atoms with van der Waals surface area (Å²) in [7, 11) is 0. The summed E-state index contributed by atoms with van der Waals surface area (Å²) in [5, 5.41) is 17.3. The molecule has 1 fully saturated rings. The average molecular weight is 273 g/mol. The molecule has 1 aliphatic heterocycles. The Morgan fingerprint density at radius 3 is 2.70 bits per heavy atom. The first-order valence-corrected chi connectivity index (χ1v) is 6.43. The van der Waals surface area contributed by atoms with Gasteiger partial charge < -0.3 is 14.4 Å². The summed E-state index contributed by atoms with van der Waals surface area (Å²) in [6.45, 7) is 2.70. The fourth-order valence-corrected chi connectivity index (χ4v) is 2.36. The Hall–Kier alpha value is -2.21. The Balaban J connectivity index is 1.76. The van der Waals surface area contributed by atoms with E-state index in [2.05, 4.69) is 10.2 Å². The van der Waals surface area contributed by atoms with Gasteiger partial charge >= 0.3 is 0 Å². The number of likely N-dealkylation sites (tertiary alicyclic amines) is 1. The molecule has 0 saturated carbocycles. The molecule has 3 rings (SSSR count). The molecule has 1 aliphatic rings. The van der Waals surface area contributed by atoms with Crippen molar-refractivity contribution >= 4 is 5.91 Å². The van der Waals surface area contributed by atoms with E-state index in [4.69, 9.17) is 4.42 Å². The van der Waals surface area contributed by atoms with Crippen molar-refractivity contribution in [2.24, 2.45) is 0 Å². The largest absolute Gasteiger partial charge is 0.423 e. The van der Waals surface area contributed by atoms with E-state index >= 15 is 0 Å². The Morgan fingerprint density at radius 1 is 1.40 bits per heavy atom. The van der Waals surface area contributed by atoms with E-state index in [-0.39, 0.29) is 5.91 Å². The van der Waals surface area contributed by atoms with Crippen LogP contribution in [-0.4, -0.2) is 44.8 Å². The second-order valence-electron chi connectivity index (χ2n) is 5.29. The molecule has 1 atom stereocenters. The SMILES string of the molecule is CC1(O)CCN(C(=O)c2ccc(-c3nnco3)cc2)C1. The van der Waals surface area contributed by atoms with Gasteiger partial charge in [-0.2, -0.15) is 0 Å². The Morgan fingerprint density at radius 2 is 2.15 bits per heavy atom. The molecule has 1 amide bonds. The summed E-state index contributed by atoms with van der Waals surface area (Å²) in [6, 6.07) is 7.01. The number of carbonyl (C=O) groups excluding carboxylic acids is 1. The fraction of sp³-hybridized carbons (Fsp3) is 0.357. The lowest BCUT2D eigenvalue weighted by Gasteiger charge is -2.19. The monoisotopic (exact) mass is 273 g/mol. The van der Waals surface area contributed by atoms with Crippen LogP contribution in [-0.2, 0) is 0 Å². The quantitative estimate of drug-likeness (QED) is 0.893. The van der Waals surface area contributed by atoms with Crippen LogP contribution in [0.2, 0.25) is 0 Å². The third kappa shape index (κ3) is 2.42. The number of benzene rings is 1. The van der Waals surface area contributed by atoms with Crippen molar-refractivity contribution in [3.63, 3.8) is 0 Å². The molecule has 2 heterocycles. The predicted molar refractivity (Wildman–Crippen MR) is 70.9 cm³/mol. The predicted octanol–water partition coefficient (Wildman–Crippen LogP) is 1.33. The molecule has 6 heteroatoms. The zero-order chi connectivity index (χ0) is 14.2. The summed E-state index contributed by atoms with van der Waals surface area (Å²) in [4.78, 5) is 14.0. The van der Waals surface area contributed by atoms with Gasteiger partial charge in [0.25, 0.3) is 5.91 Å². The van der Waals surface area contributed by atoms with Crippen molar-refractivity contribution < 1.29 is 14.3 Å². The number of hydrogen-bond donors (Lipinski definition) is 1. The molecule has 1 saturated heterocycles. The lowest BCUT2D eigenvalue weighted by atomic mass is 10.1. The normalized spacial score (nSPS) is 22.2. The zero-order valence-electron chi connectivity index (χ0n) is 11.1. The number of nitrogens with zero attached hydrogens (tertiary/aromatic N) is 3. The van der Waals surface area contributed by atoms with Gasteiger partial charge in [-0.15, -0.1) is 10.2 Å². The van der Waals surface area contributed by atoms with Crippen molar-refractivity contribution in [2.45, 2.75) is 18.9 Å². The topological polar surface area (TPSA) is 79.5 Å². The number of carbonyl (C=O) groups is 1. The van der Waals surface area contributed by atoms with Gasteiger partial charge in [0.15, 0.2) is 0 Å². The Labute approximate surface area is 116 Å². The van der Waals surface area contributed by atoms with Crippen LogP contribution in [0.25, 0.3) is 11.5 Å². The lowest BCUT2D eigenvalue weighted by molar-refractivity contribution is 0.0572. The molecule has 1 unspecified atom stereocenters. The van der Waals surface area contributed by atoms with Gasteiger partial charge in [0.05, 0.1) is 5.60 Å². The minimum absolute atomic E-state index is 0.0696. The Kier molecular flexibility index (Phi) is 3.02. The van der Waals surface area contributed by atoms with E-state index in [0.717, 1.165) is 5.56 Å². The maximum absolute atomic E-state index is 12.3. The van der Waals surface area contributed by atoms with Crippen LogP contribution in [0.3, 0.4) is 0 Å². The maximum Gasteiger partial charge on any atom is 0.253 e. The van der Waals surface area contributed by atoms with Crippen molar-refractivity contribution in [1.29, 1.82) is 0 Å². The molecule has 0 spiro atoms. The van der Waals surface area contributed by atoms with Gasteiger partial charge in [-0.25, -0.2) is 0 Å². The smallest absolute Gasteiger partial charge is 0.253 e. The van der Waals surface area contributed by atoms with Crippen LogP contribution in [0.4, 0.5) is 0 Å². The standard InChI is InChI=1S/C14H15N3O3/c1-14(19)6-7-17(8-14)13(18)11-4-2-10(3-5-11)12-16-15-9-20-12/h2-5,9,19H,6-8H2,1H3. The van der Waals surface area contributed by atoms with Gasteiger partial charge in [0.1, 0.15) is 0 Å². The van der Waals surface area contributed by atoms with Gasteiger partial charge in [0, 0.05) is 24.2 Å². The summed E-state index contributed by atoms with van der Waals surface area (Å²) in [5.74, 6) is 0.355. The molecular formula is C14H15N3O3. The van der Waals surface area contributed by atoms with Gasteiger partial charge in [0.2, 0.25) is 12.3 Å². The van der Waals surface area contributed by atoms with Crippen LogP contribution in [0.1, 0.15) is 23.7 Å². The molecule has 1 aromatic heterocycles. The average Bonchev–Trinajstić information content (AvgIpc) is 3.07. The minimum atomic E-state index is -0.778. The first-order valence-electron chi connectivity index (χ1n) is 6.43. The molecule has 104 valence electrons. The van der Waals surface area contributed by atoms with E-state index < -0.39 is 5.60 Å². The van der Waals surface area contributed by atoms with E-state index in [1.165, 1.54) is 6.39 Å². The molecule has 1 aromatic carbocycles. The first kappa shape index (κ1) is 12.8. The Bertz CT molecular complexity index is 605. The number of β-amino-alcohol motifs (C(OH)–C–C–N with tert-alkyl or cyclic N) is 1. The molecule has 0 aliphatic carbocycles. The molecule has 0 bridgehead atoms. The molecule has 1 N–H and O–H groups in total. The maximum atomic E-state index is 12.3. The van der Waals surface area contributed by atoms with E-state index in [1.54, 1.807) is 36.1 Å². The summed E-state index contributed by atoms with van der Waals surface area (Å²) in [6.07, 6.45) is 1.87. The zero-order valence-corrected chi connectivity index (χ0v) is 11.1. The summed E-state index contributed by atoms with van der Waals surface area (Å²) >= 11 is 0. The highest BCUT2D eigenvalue weighted by molar-refractivity contribution is 5.94. The lowest BCUT2D eigenvalue weighted by Crippen LogP contribution is -2.33. The summed E-state index contributed by atoms with van der Waals surface area (Å²) < 4.78 is 5.10. The molecule has 0 radical (unpaired) electrons. The molecular weight excluding hydrogens is 258 g/mol. The minimum Gasteiger partial charge on any atom is -0.423 e. The van der Waals surface area contributed by atoms with E-state index in [0.29, 0.717) is 31.0 Å². The highest BCUT2D eigenvalue weighted by Gasteiger charge is 2.34. The van der Waals surface area contributed by atoms with Crippen molar-refractivity contribution in [2.75, 3.05) is 13.1 Å². The van der Waals surface area contributed by atoms with Crippen LogP contribution in [0, 0.1) is 0 Å². The van der Waals surface area contributed by atoms with Crippen molar-refractivity contribution in [3.05, 3.63) is 36.2 Å². The highest BCUT2D eigenvalue weighted by Crippen LogP contribution is 2.23. The number of rotatable bonds is 2. The second-order valence-corrected chi connectivity index (χ2v) is 5.29. The van der Waals surface area contributed by atoms with Crippen LogP contribution in [0.5, 0.6) is 0 Å². The third-order valence-electron chi connectivity index (χ3n) is 3.48. The molecule has 6 nitrogen and oxygen atoms in total. The van der Waals surface area contributed by atoms with Crippen molar-refractivity contribution in [1.82, 2.24) is 15.1 Å². The van der Waals surface area contributed by atoms with Gasteiger partial charge in [-0.05, 0) is 37.6 Å². The third-order valence-corrected chi connectivity index (χ3v) is 3.48. The second kappa shape index (κ2) is 4.72. The summed E-state index contributed by atoms with van der Waals surface area (Å²) in [5.41, 5.74) is 0.581. The number of hydrogen-bond acceptors (Lipinski definition) is 5. The van der Waals surface area contributed by atoms with Gasteiger partial charge in [-0.1, -0.05) is 0 Å². The molecule has 20 heavy (non-hydrogen) atoms. The van der Waals surface area contributed by atoms with Gasteiger partial charge in [-0.3, -0.25) is 4.79 Å². The van der Waals surface area contributed by atoms with Crippen LogP contribution < -0.4 is 0 Å². The van der Waals surface area contributed by atoms with Crippen LogP contribution in [0.15, 0.2) is 35.1 Å². The first-order chi connectivity index (χ1) is 9.55.